The first kappa shape index (κ1) is 18.7. The van der Waals surface area contributed by atoms with E-state index in [9.17, 15) is 18.0 Å². The summed E-state index contributed by atoms with van der Waals surface area (Å²) in [5.41, 5.74) is 3.43. The number of carbonyl (C=O) groups excluding carboxylic acids is 1. The van der Waals surface area contributed by atoms with E-state index in [1.165, 1.54) is 11.1 Å². The maximum Gasteiger partial charge on any atom is 0.408 e. The van der Waals surface area contributed by atoms with Gasteiger partial charge in [0.1, 0.15) is 6.54 Å². The topological polar surface area (TPSA) is 61.9 Å². The van der Waals surface area contributed by atoms with Crippen LogP contribution in [0.15, 0.2) is 54.7 Å². The van der Waals surface area contributed by atoms with Crippen LogP contribution in [0.25, 0.3) is 22.0 Å². The third-order valence-electron chi connectivity index (χ3n) is 4.87. The van der Waals surface area contributed by atoms with Crippen molar-refractivity contribution in [3.05, 3.63) is 65.9 Å². The summed E-state index contributed by atoms with van der Waals surface area (Å²) in [6, 6.07) is 12.4. The Morgan fingerprint density at radius 2 is 2.00 bits per heavy atom. The van der Waals surface area contributed by atoms with E-state index < -0.39 is 12.7 Å². The van der Waals surface area contributed by atoms with Crippen molar-refractivity contribution in [3.8, 4) is 17.2 Å². The summed E-state index contributed by atoms with van der Waals surface area (Å²) in [7, 11) is 0. The van der Waals surface area contributed by atoms with Crippen LogP contribution >= 0.6 is 0 Å². The predicted molar refractivity (Wildman–Crippen MR) is 101 cm³/mol. The van der Waals surface area contributed by atoms with Gasteiger partial charge in [0.05, 0.1) is 24.3 Å². The van der Waals surface area contributed by atoms with Gasteiger partial charge in [-0.05, 0) is 28.8 Å². The summed E-state index contributed by atoms with van der Waals surface area (Å²) in [4.78, 5) is 14.2. The molecule has 0 aliphatic carbocycles. The minimum absolute atomic E-state index is 0.140. The fraction of sp³-hybridized carbons (Fsp3) is 0.190. The first-order chi connectivity index (χ1) is 13.8. The van der Waals surface area contributed by atoms with Crippen LogP contribution < -0.4 is 0 Å². The molecule has 1 aromatic heterocycles. The van der Waals surface area contributed by atoms with Crippen LogP contribution in [0.2, 0.25) is 0 Å². The zero-order valence-corrected chi connectivity index (χ0v) is 15.2. The molecule has 0 saturated carbocycles. The molecule has 4 rings (SSSR count). The second-order valence-electron chi connectivity index (χ2n) is 6.90. The molecule has 0 N–H and O–H groups in total. The molecule has 2 heterocycles. The van der Waals surface area contributed by atoms with E-state index >= 15 is 0 Å². The zero-order valence-electron chi connectivity index (χ0n) is 15.2. The summed E-state index contributed by atoms with van der Waals surface area (Å²) in [5, 5.41) is 13.4. The lowest BCUT2D eigenvalue weighted by Crippen LogP contribution is -2.25. The Balaban J connectivity index is 1.75. The van der Waals surface area contributed by atoms with E-state index in [1.54, 1.807) is 30.3 Å². The van der Waals surface area contributed by atoms with Crippen molar-refractivity contribution in [2.75, 3.05) is 6.54 Å². The summed E-state index contributed by atoms with van der Waals surface area (Å²) >= 11 is 0. The normalized spacial score (nSPS) is 13.6. The van der Waals surface area contributed by atoms with Crippen LogP contribution in [0.4, 0.5) is 13.2 Å². The number of rotatable bonds is 4. The first-order valence-electron chi connectivity index (χ1n) is 8.78. The lowest BCUT2D eigenvalue weighted by Gasteiger charge is -2.14. The van der Waals surface area contributed by atoms with Gasteiger partial charge in [0, 0.05) is 23.1 Å². The summed E-state index contributed by atoms with van der Waals surface area (Å²) < 4.78 is 39.4. The summed E-state index contributed by atoms with van der Waals surface area (Å²) in [6.07, 6.45) is -2.97. The SMILES string of the molecule is C=C(C#N)CN1Cc2c(cccc2-c2ccc3cnn(CC(F)(F)F)c3c2)C1=O. The standard InChI is InChI=1S/C21H15F3N4O/c1-13(8-25)10-27-11-18-16(3-2-4-17(18)20(27)29)14-5-6-15-9-26-28(19(15)7-14)12-21(22,23)24/h2-7,9H,1,10-12H2. The lowest BCUT2D eigenvalue weighted by atomic mass is 9.96. The van der Waals surface area contributed by atoms with Crippen LogP contribution in [0.3, 0.4) is 0 Å². The van der Waals surface area contributed by atoms with E-state index in [-0.39, 0.29) is 18.0 Å². The molecule has 1 aliphatic rings. The number of nitrogens with zero attached hydrogens (tertiary/aromatic N) is 4. The number of amides is 1. The number of hydrogen-bond donors (Lipinski definition) is 0. The Morgan fingerprint density at radius 3 is 2.72 bits per heavy atom. The molecule has 3 aromatic rings. The van der Waals surface area contributed by atoms with Gasteiger partial charge in [-0.2, -0.15) is 23.5 Å². The largest absolute Gasteiger partial charge is 0.408 e. The van der Waals surface area contributed by atoms with Crippen molar-refractivity contribution in [3.63, 3.8) is 0 Å². The Morgan fingerprint density at radius 1 is 1.24 bits per heavy atom. The van der Waals surface area contributed by atoms with Crippen molar-refractivity contribution in [1.29, 1.82) is 5.26 Å². The Bertz CT molecular complexity index is 1190. The number of aromatic nitrogens is 2. The monoisotopic (exact) mass is 396 g/mol. The average molecular weight is 396 g/mol. The molecule has 8 heteroatoms. The van der Waals surface area contributed by atoms with Gasteiger partial charge in [0.2, 0.25) is 0 Å². The molecule has 0 bridgehead atoms. The Labute approximate surface area is 164 Å². The van der Waals surface area contributed by atoms with Crippen molar-refractivity contribution in [2.45, 2.75) is 19.3 Å². The number of benzene rings is 2. The molecule has 0 spiro atoms. The van der Waals surface area contributed by atoms with Gasteiger partial charge in [-0.25, -0.2) is 0 Å². The maximum absolute atomic E-state index is 12.8. The quantitative estimate of drug-likeness (QED) is 0.618. The number of alkyl halides is 3. The predicted octanol–water partition coefficient (Wildman–Crippen LogP) is 4.30. The molecule has 5 nitrogen and oxygen atoms in total. The highest BCUT2D eigenvalue weighted by atomic mass is 19.4. The Kier molecular flexibility index (Phi) is 4.38. The van der Waals surface area contributed by atoms with Crippen molar-refractivity contribution < 1.29 is 18.0 Å². The molecule has 0 unspecified atom stereocenters. The van der Waals surface area contributed by atoms with Gasteiger partial charge in [-0.1, -0.05) is 30.8 Å². The van der Waals surface area contributed by atoms with E-state index in [1.807, 2.05) is 12.1 Å². The third kappa shape index (κ3) is 3.47. The fourth-order valence-corrected chi connectivity index (χ4v) is 3.59. The van der Waals surface area contributed by atoms with Crippen LogP contribution in [0, 0.1) is 11.3 Å². The molecule has 0 atom stereocenters. The van der Waals surface area contributed by atoms with Gasteiger partial charge in [0.15, 0.2) is 0 Å². The lowest BCUT2D eigenvalue weighted by molar-refractivity contribution is -0.141. The van der Waals surface area contributed by atoms with Crippen LogP contribution in [0.5, 0.6) is 0 Å². The number of nitriles is 1. The molecular weight excluding hydrogens is 381 g/mol. The molecule has 0 saturated heterocycles. The van der Waals surface area contributed by atoms with Gasteiger partial charge >= 0.3 is 6.18 Å². The molecular formula is C21H15F3N4O. The molecule has 1 amide bonds. The third-order valence-corrected chi connectivity index (χ3v) is 4.87. The first-order valence-corrected chi connectivity index (χ1v) is 8.78. The highest BCUT2D eigenvalue weighted by Crippen LogP contribution is 2.34. The van der Waals surface area contributed by atoms with Crippen molar-refractivity contribution in [2.24, 2.45) is 0 Å². The smallest absolute Gasteiger partial charge is 0.329 e. The summed E-state index contributed by atoms with van der Waals surface area (Å²) in [6.45, 7) is 2.90. The van der Waals surface area contributed by atoms with Crippen LogP contribution in [0.1, 0.15) is 15.9 Å². The van der Waals surface area contributed by atoms with E-state index in [0.717, 1.165) is 15.8 Å². The van der Waals surface area contributed by atoms with E-state index in [4.69, 9.17) is 5.26 Å². The zero-order chi connectivity index (χ0) is 20.8. The molecule has 29 heavy (non-hydrogen) atoms. The summed E-state index contributed by atoms with van der Waals surface area (Å²) in [5.74, 6) is -0.193. The highest BCUT2D eigenvalue weighted by Gasteiger charge is 2.31. The maximum atomic E-state index is 12.8. The molecule has 0 radical (unpaired) electrons. The van der Waals surface area contributed by atoms with Crippen molar-refractivity contribution >= 4 is 16.8 Å². The Hall–Kier alpha value is -3.60. The van der Waals surface area contributed by atoms with Crippen LogP contribution in [-0.2, 0) is 13.1 Å². The van der Waals surface area contributed by atoms with Crippen LogP contribution in [-0.4, -0.2) is 33.3 Å². The number of carbonyl (C=O) groups is 1. The highest BCUT2D eigenvalue weighted by molar-refractivity contribution is 6.01. The molecule has 0 fully saturated rings. The average Bonchev–Trinajstić information content (AvgIpc) is 3.21. The number of halogens is 3. The van der Waals surface area contributed by atoms with Gasteiger partial charge in [-0.3, -0.25) is 9.48 Å². The number of fused-ring (bicyclic) bond motifs is 2. The van der Waals surface area contributed by atoms with E-state index in [2.05, 4.69) is 11.7 Å². The number of hydrogen-bond acceptors (Lipinski definition) is 3. The molecule has 146 valence electrons. The minimum Gasteiger partial charge on any atom is -0.329 e. The van der Waals surface area contributed by atoms with E-state index in [0.29, 0.717) is 28.6 Å². The molecule has 1 aliphatic heterocycles. The molecule has 2 aromatic carbocycles. The van der Waals surface area contributed by atoms with Gasteiger partial charge in [-0.15, -0.1) is 0 Å². The van der Waals surface area contributed by atoms with Gasteiger partial charge in [0.25, 0.3) is 5.91 Å². The minimum atomic E-state index is -4.38. The van der Waals surface area contributed by atoms with Gasteiger partial charge < -0.3 is 4.90 Å². The fourth-order valence-electron chi connectivity index (χ4n) is 3.59. The van der Waals surface area contributed by atoms with Crippen molar-refractivity contribution in [1.82, 2.24) is 14.7 Å². The second-order valence-corrected chi connectivity index (χ2v) is 6.90. The second kappa shape index (κ2) is 6.78.